The molecule has 0 spiro atoms. The number of unbranched alkanes of at least 4 members (excludes halogenated alkanes) is 36. The standard InChI is InChI=1S/C63H114O6/c1-4-7-10-13-16-19-22-25-27-29-31-33-35-38-41-44-47-50-53-56-62(65)68-59-60(58-67-61(64)55-52-49-46-43-40-37-24-21-18-15-12-9-6-3)69-63(66)57-54-51-48-45-42-39-36-34-32-30-28-26-23-20-17-14-11-8-5-2/h16,19,25,27,30-33,60H,4-15,17-18,20-24,26,28-29,34-59H2,1-3H3/b19-16-,27-25-,32-30-,33-31-/t60-/m1/s1. The molecule has 0 aromatic heterocycles. The van der Waals surface area contributed by atoms with Gasteiger partial charge in [0.1, 0.15) is 13.2 Å². The van der Waals surface area contributed by atoms with Gasteiger partial charge >= 0.3 is 17.9 Å². The summed E-state index contributed by atoms with van der Waals surface area (Å²) in [5.74, 6) is -0.877. The van der Waals surface area contributed by atoms with Gasteiger partial charge in [0.2, 0.25) is 0 Å². The number of carbonyl (C=O) groups is 3. The lowest BCUT2D eigenvalue weighted by atomic mass is 10.0. The minimum absolute atomic E-state index is 0.0760. The molecule has 1 atom stereocenters. The largest absolute Gasteiger partial charge is 0.462 e. The minimum atomic E-state index is -0.779. The number of allylic oxidation sites excluding steroid dienone is 8. The van der Waals surface area contributed by atoms with Gasteiger partial charge in [0.25, 0.3) is 0 Å². The topological polar surface area (TPSA) is 78.9 Å². The van der Waals surface area contributed by atoms with Gasteiger partial charge in [-0.3, -0.25) is 14.4 Å². The zero-order chi connectivity index (χ0) is 50.0. The van der Waals surface area contributed by atoms with Crippen LogP contribution in [0.1, 0.15) is 316 Å². The highest BCUT2D eigenvalue weighted by Gasteiger charge is 2.19. The van der Waals surface area contributed by atoms with Gasteiger partial charge < -0.3 is 14.2 Å². The summed E-state index contributed by atoms with van der Waals surface area (Å²) in [6.07, 6.45) is 71.0. The molecule has 0 radical (unpaired) electrons. The second kappa shape index (κ2) is 57.9. The number of carbonyl (C=O) groups excluding carboxylic acids is 3. The highest BCUT2D eigenvalue weighted by molar-refractivity contribution is 5.71. The van der Waals surface area contributed by atoms with E-state index >= 15 is 0 Å². The summed E-state index contributed by atoms with van der Waals surface area (Å²) in [4.78, 5) is 38.2. The van der Waals surface area contributed by atoms with Crippen molar-refractivity contribution in [2.24, 2.45) is 0 Å². The first-order chi connectivity index (χ1) is 34.0. The monoisotopic (exact) mass is 967 g/mol. The molecule has 0 fully saturated rings. The van der Waals surface area contributed by atoms with Crippen LogP contribution in [0.25, 0.3) is 0 Å². The van der Waals surface area contributed by atoms with Gasteiger partial charge in [0.15, 0.2) is 6.10 Å². The summed E-state index contributed by atoms with van der Waals surface area (Å²) in [5, 5.41) is 0. The van der Waals surface area contributed by atoms with Crippen LogP contribution in [0.2, 0.25) is 0 Å². The molecule has 402 valence electrons. The third kappa shape index (κ3) is 56.2. The van der Waals surface area contributed by atoms with Crippen molar-refractivity contribution < 1.29 is 28.6 Å². The lowest BCUT2D eigenvalue weighted by molar-refractivity contribution is -0.167. The molecule has 0 saturated heterocycles. The summed E-state index contributed by atoms with van der Waals surface area (Å²) < 4.78 is 16.9. The van der Waals surface area contributed by atoms with Crippen LogP contribution in [-0.4, -0.2) is 37.2 Å². The fraction of sp³-hybridized carbons (Fsp3) is 0.825. The zero-order valence-corrected chi connectivity index (χ0v) is 46.1. The Morgan fingerprint density at radius 3 is 0.855 bits per heavy atom. The maximum Gasteiger partial charge on any atom is 0.306 e. The molecule has 0 aromatic rings. The van der Waals surface area contributed by atoms with Gasteiger partial charge in [-0.2, -0.15) is 0 Å². The van der Waals surface area contributed by atoms with E-state index in [4.69, 9.17) is 14.2 Å². The summed E-state index contributed by atoms with van der Waals surface area (Å²) in [6.45, 7) is 6.64. The molecule has 0 bridgehead atoms. The van der Waals surface area contributed by atoms with Gasteiger partial charge in [-0.25, -0.2) is 0 Å². The number of hydrogen-bond donors (Lipinski definition) is 0. The van der Waals surface area contributed by atoms with E-state index in [0.29, 0.717) is 19.3 Å². The van der Waals surface area contributed by atoms with Crippen LogP contribution >= 0.6 is 0 Å². The summed E-state index contributed by atoms with van der Waals surface area (Å²) in [6, 6.07) is 0. The molecule has 0 aliphatic carbocycles. The summed E-state index contributed by atoms with van der Waals surface area (Å²) in [5.41, 5.74) is 0. The van der Waals surface area contributed by atoms with Crippen molar-refractivity contribution in [3.8, 4) is 0 Å². The van der Waals surface area contributed by atoms with Crippen molar-refractivity contribution in [1.29, 1.82) is 0 Å². The van der Waals surface area contributed by atoms with Gasteiger partial charge in [0.05, 0.1) is 0 Å². The summed E-state index contributed by atoms with van der Waals surface area (Å²) in [7, 11) is 0. The zero-order valence-electron chi connectivity index (χ0n) is 46.1. The van der Waals surface area contributed by atoms with Gasteiger partial charge in [-0.15, -0.1) is 0 Å². The van der Waals surface area contributed by atoms with Crippen LogP contribution < -0.4 is 0 Å². The van der Waals surface area contributed by atoms with Crippen molar-refractivity contribution >= 4 is 17.9 Å². The molecule has 69 heavy (non-hydrogen) atoms. The minimum Gasteiger partial charge on any atom is -0.462 e. The average molecular weight is 968 g/mol. The average Bonchev–Trinajstić information content (AvgIpc) is 3.35. The second-order valence-corrected chi connectivity index (χ2v) is 20.3. The lowest BCUT2D eigenvalue weighted by Gasteiger charge is -2.18. The van der Waals surface area contributed by atoms with Crippen molar-refractivity contribution in [3.05, 3.63) is 48.6 Å². The predicted molar refractivity (Wildman–Crippen MR) is 298 cm³/mol. The number of rotatable bonds is 55. The molecule has 0 heterocycles. The fourth-order valence-electron chi connectivity index (χ4n) is 8.74. The molecule has 0 aromatic carbocycles. The number of esters is 3. The molecule has 0 aliphatic heterocycles. The van der Waals surface area contributed by atoms with Gasteiger partial charge in [-0.05, 0) is 83.5 Å². The first kappa shape index (κ1) is 66.4. The van der Waals surface area contributed by atoms with Gasteiger partial charge in [0, 0.05) is 19.3 Å². The van der Waals surface area contributed by atoms with E-state index in [9.17, 15) is 14.4 Å². The van der Waals surface area contributed by atoms with Crippen LogP contribution in [0.3, 0.4) is 0 Å². The van der Waals surface area contributed by atoms with E-state index in [2.05, 4.69) is 69.4 Å². The van der Waals surface area contributed by atoms with E-state index in [1.54, 1.807) is 0 Å². The Kier molecular flexibility index (Phi) is 55.7. The van der Waals surface area contributed by atoms with E-state index in [-0.39, 0.29) is 31.1 Å². The van der Waals surface area contributed by atoms with E-state index in [1.807, 2.05) is 0 Å². The quantitative estimate of drug-likeness (QED) is 0.0262. The first-order valence-corrected chi connectivity index (χ1v) is 30.1. The van der Waals surface area contributed by atoms with Crippen molar-refractivity contribution in [3.63, 3.8) is 0 Å². The molecule has 0 aliphatic rings. The van der Waals surface area contributed by atoms with Gasteiger partial charge in [-0.1, -0.05) is 262 Å². The van der Waals surface area contributed by atoms with Crippen LogP contribution in [0, 0.1) is 0 Å². The van der Waals surface area contributed by atoms with E-state index < -0.39 is 6.10 Å². The maximum absolute atomic E-state index is 12.9. The summed E-state index contributed by atoms with van der Waals surface area (Å²) >= 11 is 0. The van der Waals surface area contributed by atoms with Crippen molar-refractivity contribution in [2.75, 3.05) is 13.2 Å². The molecule has 6 nitrogen and oxygen atoms in total. The highest BCUT2D eigenvalue weighted by Crippen LogP contribution is 2.16. The van der Waals surface area contributed by atoms with Crippen molar-refractivity contribution in [2.45, 2.75) is 322 Å². The molecule has 0 saturated carbocycles. The van der Waals surface area contributed by atoms with Crippen LogP contribution in [0.15, 0.2) is 48.6 Å². The number of hydrogen-bond acceptors (Lipinski definition) is 6. The van der Waals surface area contributed by atoms with Crippen LogP contribution in [-0.2, 0) is 28.6 Å². The molecular formula is C63H114O6. The van der Waals surface area contributed by atoms with E-state index in [1.165, 1.54) is 199 Å². The third-order valence-electron chi connectivity index (χ3n) is 13.3. The van der Waals surface area contributed by atoms with Crippen LogP contribution in [0.5, 0.6) is 0 Å². The smallest absolute Gasteiger partial charge is 0.306 e. The fourth-order valence-corrected chi connectivity index (χ4v) is 8.74. The molecule has 6 heteroatoms. The molecule has 0 N–H and O–H groups in total. The lowest BCUT2D eigenvalue weighted by Crippen LogP contribution is -2.30. The predicted octanol–water partition coefficient (Wildman–Crippen LogP) is 20.2. The maximum atomic E-state index is 12.9. The highest BCUT2D eigenvalue weighted by atomic mass is 16.6. The Balaban J connectivity index is 4.36. The normalized spacial score (nSPS) is 12.3. The molecular weight excluding hydrogens is 853 g/mol. The Morgan fingerprint density at radius 1 is 0.290 bits per heavy atom. The third-order valence-corrected chi connectivity index (χ3v) is 13.3. The van der Waals surface area contributed by atoms with E-state index in [0.717, 1.165) is 77.0 Å². The Hall–Kier alpha value is -2.63. The first-order valence-electron chi connectivity index (χ1n) is 30.1. The Morgan fingerprint density at radius 2 is 0.522 bits per heavy atom. The second-order valence-electron chi connectivity index (χ2n) is 20.3. The molecule has 0 rings (SSSR count). The number of ether oxygens (including phenoxy) is 3. The SMILES string of the molecule is CCCCC/C=C\C/C=C\C/C=C\CCCCCCCCC(=O)OC[C@@H](COC(=O)CCCCCCCCCCCCCCC)OC(=O)CCCCCCCCC/C=C\CCCCCCCCCC. The van der Waals surface area contributed by atoms with Crippen molar-refractivity contribution in [1.82, 2.24) is 0 Å². The molecule has 0 unspecified atom stereocenters. The van der Waals surface area contributed by atoms with Crippen LogP contribution in [0.4, 0.5) is 0 Å². The molecule has 0 amide bonds. The Bertz CT molecular complexity index is 1200. The Labute approximate surface area is 428 Å².